The summed E-state index contributed by atoms with van der Waals surface area (Å²) in [5.41, 5.74) is 0.325. The van der Waals surface area contributed by atoms with Crippen molar-refractivity contribution in [3.05, 3.63) is 24.0 Å². The number of hydrogen-bond donors (Lipinski definition) is 1. The van der Waals surface area contributed by atoms with E-state index in [1.807, 2.05) is 20.8 Å². The number of carbonyl (C=O) groups is 1. The van der Waals surface area contributed by atoms with Gasteiger partial charge in [-0.2, -0.15) is 5.10 Å². The molecule has 0 aromatic carbocycles. The van der Waals surface area contributed by atoms with E-state index >= 15 is 0 Å². The molecule has 1 heterocycles. The fraction of sp³-hybridized carbons (Fsp3) is 0.400. The fourth-order valence-corrected chi connectivity index (χ4v) is 0.853. The number of aromatic amines is 1. The number of rotatable bonds is 2. The van der Waals surface area contributed by atoms with Gasteiger partial charge in [0.05, 0.1) is 5.69 Å². The van der Waals surface area contributed by atoms with Crippen molar-refractivity contribution in [1.82, 2.24) is 10.2 Å². The number of hydrogen-bond acceptors (Lipinski definition) is 3. The second-order valence-electron chi connectivity index (χ2n) is 3.88. The van der Waals surface area contributed by atoms with E-state index in [0.29, 0.717) is 0 Å². The van der Waals surface area contributed by atoms with Gasteiger partial charge in [0.1, 0.15) is 5.60 Å². The Morgan fingerprint density at radius 3 is 2.79 bits per heavy atom. The normalized spacial score (nSPS) is 11.9. The minimum atomic E-state index is -0.449. The Bertz CT molecular complexity index is 320. The molecule has 1 N–H and O–H groups in total. The van der Waals surface area contributed by atoms with Gasteiger partial charge in [-0.1, -0.05) is 0 Å². The summed E-state index contributed by atoms with van der Waals surface area (Å²) in [4.78, 5) is 11.2. The quantitative estimate of drug-likeness (QED) is 0.576. The molecule has 0 amide bonds. The first-order valence-electron chi connectivity index (χ1n) is 4.38. The van der Waals surface area contributed by atoms with E-state index in [1.165, 1.54) is 6.08 Å². The van der Waals surface area contributed by atoms with Gasteiger partial charge in [-0.25, -0.2) is 4.79 Å². The summed E-state index contributed by atoms with van der Waals surface area (Å²) >= 11 is 0. The van der Waals surface area contributed by atoms with Crippen LogP contribution in [0.3, 0.4) is 0 Å². The standard InChI is InChI=1S/C10H14N2O2/c1-10(2,3)14-9(13)5-4-8-6-7-11-12-8/h4-7H,1-3H3,(H,11,12)/b5-4+. The Balaban J connectivity index is 2.49. The Morgan fingerprint density at radius 2 is 2.29 bits per heavy atom. The lowest BCUT2D eigenvalue weighted by molar-refractivity contribution is -0.148. The molecule has 76 valence electrons. The lowest BCUT2D eigenvalue weighted by Gasteiger charge is -2.17. The van der Waals surface area contributed by atoms with E-state index in [9.17, 15) is 4.79 Å². The molecule has 1 aromatic rings. The first-order valence-corrected chi connectivity index (χ1v) is 4.38. The average Bonchev–Trinajstić information content (AvgIpc) is 2.49. The predicted octanol–water partition coefficient (Wildman–Crippen LogP) is 1.76. The topological polar surface area (TPSA) is 55.0 Å². The van der Waals surface area contributed by atoms with Crippen LogP contribution in [0.2, 0.25) is 0 Å². The third-order valence-electron chi connectivity index (χ3n) is 1.33. The van der Waals surface area contributed by atoms with Gasteiger partial charge >= 0.3 is 5.97 Å². The zero-order valence-corrected chi connectivity index (χ0v) is 8.57. The summed E-state index contributed by atoms with van der Waals surface area (Å²) in [7, 11) is 0. The SMILES string of the molecule is CC(C)(C)OC(=O)/C=C/c1ccn[nH]1. The summed E-state index contributed by atoms with van der Waals surface area (Å²) in [6.07, 6.45) is 4.62. The van der Waals surface area contributed by atoms with E-state index in [1.54, 1.807) is 18.3 Å². The van der Waals surface area contributed by atoms with Crippen LogP contribution in [0.25, 0.3) is 6.08 Å². The van der Waals surface area contributed by atoms with Crippen molar-refractivity contribution in [3.63, 3.8) is 0 Å². The summed E-state index contributed by atoms with van der Waals surface area (Å²) in [6.45, 7) is 5.48. The summed E-state index contributed by atoms with van der Waals surface area (Å²) in [5, 5.41) is 6.46. The maximum Gasteiger partial charge on any atom is 0.331 e. The van der Waals surface area contributed by atoms with Crippen LogP contribution in [0.15, 0.2) is 18.3 Å². The van der Waals surface area contributed by atoms with Crippen LogP contribution in [0.4, 0.5) is 0 Å². The van der Waals surface area contributed by atoms with E-state index in [0.717, 1.165) is 5.69 Å². The van der Waals surface area contributed by atoms with Gasteiger partial charge < -0.3 is 4.74 Å². The van der Waals surface area contributed by atoms with Crippen molar-refractivity contribution in [3.8, 4) is 0 Å². The molecule has 0 radical (unpaired) electrons. The molecule has 4 nitrogen and oxygen atoms in total. The molecule has 4 heteroatoms. The Kier molecular flexibility index (Phi) is 3.06. The van der Waals surface area contributed by atoms with E-state index in [2.05, 4.69) is 10.2 Å². The van der Waals surface area contributed by atoms with Gasteiger partial charge in [0.15, 0.2) is 0 Å². The third-order valence-corrected chi connectivity index (χ3v) is 1.33. The lowest BCUT2D eigenvalue weighted by atomic mass is 10.2. The summed E-state index contributed by atoms with van der Waals surface area (Å²) in [6, 6.07) is 1.76. The smallest absolute Gasteiger partial charge is 0.331 e. The van der Waals surface area contributed by atoms with Crippen molar-refractivity contribution in [2.24, 2.45) is 0 Å². The number of ether oxygens (including phenoxy) is 1. The van der Waals surface area contributed by atoms with Gasteiger partial charge in [0.2, 0.25) is 0 Å². The van der Waals surface area contributed by atoms with Crippen LogP contribution < -0.4 is 0 Å². The van der Waals surface area contributed by atoms with Crippen molar-refractivity contribution >= 4 is 12.0 Å². The average molecular weight is 194 g/mol. The van der Waals surface area contributed by atoms with E-state index in [-0.39, 0.29) is 5.97 Å². The maximum atomic E-state index is 11.2. The molecule has 0 bridgehead atoms. The molecule has 0 aliphatic rings. The third kappa shape index (κ3) is 3.89. The minimum Gasteiger partial charge on any atom is -0.457 e. The Labute approximate surface area is 83.0 Å². The zero-order chi connectivity index (χ0) is 10.6. The highest BCUT2D eigenvalue weighted by molar-refractivity contribution is 5.86. The van der Waals surface area contributed by atoms with E-state index in [4.69, 9.17) is 4.74 Å². The van der Waals surface area contributed by atoms with E-state index < -0.39 is 5.60 Å². The molecule has 14 heavy (non-hydrogen) atoms. The number of nitrogens with one attached hydrogen (secondary N) is 1. The summed E-state index contributed by atoms with van der Waals surface area (Å²) in [5.74, 6) is -0.355. The molecule has 0 spiro atoms. The molecule has 0 saturated carbocycles. The van der Waals surface area contributed by atoms with Gasteiger partial charge in [-0.15, -0.1) is 0 Å². The molecule has 0 unspecified atom stereocenters. The molecular formula is C10H14N2O2. The molecule has 0 aliphatic heterocycles. The highest BCUT2D eigenvalue weighted by Crippen LogP contribution is 2.07. The lowest BCUT2D eigenvalue weighted by Crippen LogP contribution is -2.22. The highest BCUT2D eigenvalue weighted by atomic mass is 16.6. The predicted molar refractivity (Wildman–Crippen MR) is 53.5 cm³/mol. The maximum absolute atomic E-state index is 11.2. The highest BCUT2D eigenvalue weighted by Gasteiger charge is 2.13. The van der Waals surface area contributed by atoms with Gasteiger partial charge in [0.25, 0.3) is 0 Å². The first kappa shape index (κ1) is 10.5. The fourth-order valence-electron chi connectivity index (χ4n) is 0.853. The van der Waals surface area contributed by atoms with Crippen molar-refractivity contribution in [2.45, 2.75) is 26.4 Å². The van der Waals surface area contributed by atoms with Gasteiger partial charge in [-0.3, -0.25) is 5.10 Å². The molecule has 1 rings (SSSR count). The van der Waals surface area contributed by atoms with Crippen LogP contribution in [-0.4, -0.2) is 21.8 Å². The van der Waals surface area contributed by atoms with Crippen LogP contribution in [0, 0.1) is 0 Å². The van der Waals surface area contributed by atoms with Gasteiger partial charge in [-0.05, 0) is 32.9 Å². The number of nitrogens with zero attached hydrogens (tertiary/aromatic N) is 1. The van der Waals surface area contributed by atoms with Crippen LogP contribution in [-0.2, 0) is 9.53 Å². The number of aromatic nitrogens is 2. The molecule has 0 fully saturated rings. The molecule has 0 atom stereocenters. The molecular weight excluding hydrogens is 180 g/mol. The summed E-state index contributed by atoms with van der Waals surface area (Å²) < 4.78 is 5.08. The molecule has 0 aliphatic carbocycles. The minimum absolute atomic E-state index is 0.355. The second kappa shape index (κ2) is 4.09. The van der Waals surface area contributed by atoms with Gasteiger partial charge in [0, 0.05) is 12.3 Å². The Morgan fingerprint density at radius 1 is 1.57 bits per heavy atom. The van der Waals surface area contributed by atoms with Crippen LogP contribution in [0.1, 0.15) is 26.5 Å². The monoisotopic (exact) mass is 194 g/mol. The molecule has 1 aromatic heterocycles. The molecule has 0 saturated heterocycles. The number of esters is 1. The Hall–Kier alpha value is -1.58. The second-order valence-corrected chi connectivity index (χ2v) is 3.88. The van der Waals surface area contributed by atoms with Crippen molar-refractivity contribution in [2.75, 3.05) is 0 Å². The van der Waals surface area contributed by atoms with Crippen molar-refractivity contribution in [1.29, 1.82) is 0 Å². The van der Waals surface area contributed by atoms with Crippen LogP contribution in [0.5, 0.6) is 0 Å². The number of H-pyrrole nitrogens is 1. The largest absolute Gasteiger partial charge is 0.457 e. The zero-order valence-electron chi connectivity index (χ0n) is 8.57. The number of carbonyl (C=O) groups excluding carboxylic acids is 1. The van der Waals surface area contributed by atoms with Crippen LogP contribution >= 0.6 is 0 Å². The van der Waals surface area contributed by atoms with Crippen molar-refractivity contribution < 1.29 is 9.53 Å². The first-order chi connectivity index (χ1) is 6.47.